The van der Waals surface area contributed by atoms with Gasteiger partial charge in [0.05, 0.1) is 36.0 Å². The fraction of sp³-hybridized carbons (Fsp3) is 0.333. The number of hydrogen-bond donors (Lipinski definition) is 1. The number of halogens is 1. The van der Waals surface area contributed by atoms with Crippen LogP contribution in [0.2, 0.25) is 5.02 Å². The van der Waals surface area contributed by atoms with E-state index in [9.17, 15) is 4.79 Å². The normalized spacial score (nSPS) is 14.5. The molecular weight excluding hydrogens is 430 g/mol. The Morgan fingerprint density at radius 3 is 2.65 bits per heavy atom. The summed E-state index contributed by atoms with van der Waals surface area (Å²) in [6.45, 7) is 8.44. The second kappa shape index (κ2) is 9.92. The Labute approximate surface area is 192 Å². The monoisotopic (exact) mass is 455 g/mol. The summed E-state index contributed by atoms with van der Waals surface area (Å²) >= 11 is 7.86. The van der Waals surface area contributed by atoms with Crippen LogP contribution < -0.4 is 5.32 Å². The van der Waals surface area contributed by atoms with E-state index in [1.807, 2.05) is 31.4 Å². The minimum Gasteiger partial charge on any atom is -0.379 e. The van der Waals surface area contributed by atoms with Crippen LogP contribution >= 0.6 is 22.9 Å². The van der Waals surface area contributed by atoms with Gasteiger partial charge in [0.15, 0.2) is 0 Å². The number of morpholine rings is 1. The summed E-state index contributed by atoms with van der Waals surface area (Å²) in [4.78, 5) is 19.6. The highest BCUT2D eigenvalue weighted by molar-refractivity contribution is 7.13. The molecule has 0 bridgehead atoms. The Bertz CT molecular complexity index is 1040. The minimum absolute atomic E-state index is 0.119. The molecule has 1 saturated heterocycles. The van der Waals surface area contributed by atoms with Crippen LogP contribution in [0.5, 0.6) is 0 Å². The number of carbonyl (C=O) groups is 1. The quantitative estimate of drug-likeness (QED) is 0.562. The van der Waals surface area contributed by atoms with Crippen molar-refractivity contribution in [3.63, 3.8) is 0 Å². The number of anilines is 1. The van der Waals surface area contributed by atoms with Gasteiger partial charge in [-0.1, -0.05) is 41.9 Å². The van der Waals surface area contributed by atoms with Crippen molar-refractivity contribution in [2.24, 2.45) is 0 Å². The van der Waals surface area contributed by atoms with E-state index in [1.165, 1.54) is 5.56 Å². The Hall–Kier alpha value is -2.25. The molecule has 0 atom stereocenters. The van der Waals surface area contributed by atoms with E-state index in [0.717, 1.165) is 60.2 Å². The lowest BCUT2D eigenvalue weighted by molar-refractivity contribution is -0.115. The van der Waals surface area contributed by atoms with Crippen molar-refractivity contribution >= 4 is 34.5 Å². The summed E-state index contributed by atoms with van der Waals surface area (Å²) in [7, 11) is 0. The van der Waals surface area contributed by atoms with Gasteiger partial charge < -0.3 is 10.1 Å². The number of nitrogens with zero attached hydrogens (tertiary/aromatic N) is 2. The first-order valence-electron chi connectivity index (χ1n) is 10.4. The lowest BCUT2D eigenvalue weighted by Gasteiger charge is -2.26. The van der Waals surface area contributed by atoms with E-state index >= 15 is 0 Å². The van der Waals surface area contributed by atoms with Gasteiger partial charge in [0.1, 0.15) is 5.01 Å². The molecule has 0 spiro atoms. The molecule has 2 aromatic carbocycles. The molecule has 31 heavy (non-hydrogen) atoms. The Balaban J connectivity index is 1.37. The number of rotatable bonds is 6. The zero-order valence-corrected chi connectivity index (χ0v) is 19.4. The van der Waals surface area contributed by atoms with Crippen molar-refractivity contribution in [2.45, 2.75) is 26.8 Å². The standard InChI is InChI=1S/C24H26ClN3O2S/c1-16-11-17(2)23(21(25)12-16)27-22(29)13-20-15-31-24(26-20)19-5-3-18(4-6-19)14-28-7-9-30-10-8-28/h3-6,11-12,15H,7-10,13-14H2,1-2H3,(H,27,29). The van der Waals surface area contributed by atoms with Crippen molar-refractivity contribution in [1.82, 2.24) is 9.88 Å². The number of nitrogens with one attached hydrogen (secondary N) is 1. The molecule has 1 aromatic heterocycles. The first-order chi connectivity index (χ1) is 15.0. The summed E-state index contributed by atoms with van der Waals surface area (Å²) in [5.41, 5.74) is 5.81. The average Bonchev–Trinajstić information content (AvgIpc) is 3.20. The fourth-order valence-electron chi connectivity index (χ4n) is 3.71. The third-order valence-electron chi connectivity index (χ3n) is 5.30. The molecule has 162 valence electrons. The van der Waals surface area contributed by atoms with Crippen molar-refractivity contribution in [1.29, 1.82) is 0 Å². The van der Waals surface area contributed by atoms with E-state index in [-0.39, 0.29) is 12.3 Å². The molecule has 0 aliphatic carbocycles. The summed E-state index contributed by atoms with van der Waals surface area (Å²) < 4.78 is 5.41. The van der Waals surface area contributed by atoms with Crippen molar-refractivity contribution in [2.75, 3.05) is 31.6 Å². The predicted octanol–water partition coefficient (Wildman–Crippen LogP) is 5.09. The van der Waals surface area contributed by atoms with E-state index in [0.29, 0.717) is 10.7 Å². The zero-order chi connectivity index (χ0) is 21.8. The molecule has 4 rings (SSSR count). The van der Waals surface area contributed by atoms with Crippen LogP contribution in [-0.4, -0.2) is 42.1 Å². The van der Waals surface area contributed by atoms with Gasteiger partial charge in [-0.05, 0) is 36.6 Å². The Morgan fingerprint density at radius 1 is 1.19 bits per heavy atom. The van der Waals surface area contributed by atoms with Gasteiger partial charge >= 0.3 is 0 Å². The lowest BCUT2D eigenvalue weighted by atomic mass is 10.1. The Kier molecular flexibility index (Phi) is 7.02. The molecule has 2 heterocycles. The number of aromatic nitrogens is 1. The topological polar surface area (TPSA) is 54.5 Å². The van der Waals surface area contributed by atoms with Crippen molar-refractivity contribution in [3.05, 3.63) is 69.2 Å². The Morgan fingerprint density at radius 2 is 1.94 bits per heavy atom. The molecule has 0 unspecified atom stereocenters. The van der Waals surface area contributed by atoms with Gasteiger partial charge in [-0.2, -0.15) is 0 Å². The molecule has 5 nitrogen and oxygen atoms in total. The maximum atomic E-state index is 12.5. The lowest BCUT2D eigenvalue weighted by Crippen LogP contribution is -2.35. The van der Waals surface area contributed by atoms with E-state index in [1.54, 1.807) is 11.3 Å². The maximum absolute atomic E-state index is 12.5. The molecular formula is C24H26ClN3O2S. The fourth-order valence-corrected chi connectivity index (χ4v) is 4.91. The summed E-state index contributed by atoms with van der Waals surface area (Å²) in [5, 5.41) is 6.35. The van der Waals surface area contributed by atoms with Gasteiger partial charge in [0, 0.05) is 30.6 Å². The number of thiazole rings is 1. The average molecular weight is 456 g/mol. The van der Waals surface area contributed by atoms with Crippen LogP contribution in [0.1, 0.15) is 22.4 Å². The van der Waals surface area contributed by atoms with E-state index < -0.39 is 0 Å². The van der Waals surface area contributed by atoms with Crippen LogP contribution in [0.25, 0.3) is 10.6 Å². The van der Waals surface area contributed by atoms with E-state index in [4.69, 9.17) is 16.3 Å². The van der Waals surface area contributed by atoms with Crippen LogP contribution in [-0.2, 0) is 22.5 Å². The largest absolute Gasteiger partial charge is 0.379 e. The number of ether oxygens (including phenoxy) is 1. The first kappa shape index (κ1) is 22.0. The van der Waals surface area contributed by atoms with Crippen LogP contribution in [0, 0.1) is 13.8 Å². The second-order valence-electron chi connectivity index (χ2n) is 7.89. The molecule has 1 aliphatic rings. The van der Waals surface area contributed by atoms with Crippen LogP contribution in [0.3, 0.4) is 0 Å². The van der Waals surface area contributed by atoms with Crippen LogP contribution in [0.15, 0.2) is 41.8 Å². The predicted molar refractivity (Wildman–Crippen MR) is 127 cm³/mol. The van der Waals surface area contributed by atoms with Gasteiger partial charge in [0.25, 0.3) is 0 Å². The van der Waals surface area contributed by atoms with Gasteiger partial charge in [-0.25, -0.2) is 4.98 Å². The molecule has 0 radical (unpaired) electrons. The number of aryl methyl sites for hydroxylation is 2. The number of hydrogen-bond acceptors (Lipinski definition) is 5. The van der Waals surface area contributed by atoms with Gasteiger partial charge in [-0.3, -0.25) is 9.69 Å². The van der Waals surface area contributed by atoms with Crippen molar-refractivity contribution < 1.29 is 9.53 Å². The highest BCUT2D eigenvalue weighted by atomic mass is 35.5. The SMILES string of the molecule is Cc1cc(C)c(NC(=O)Cc2csc(-c3ccc(CN4CCOCC4)cc3)n2)c(Cl)c1. The molecule has 1 fully saturated rings. The minimum atomic E-state index is -0.119. The third kappa shape index (κ3) is 5.71. The van der Waals surface area contributed by atoms with E-state index in [2.05, 4.69) is 39.5 Å². The van der Waals surface area contributed by atoms with Crippen molar-refractivity contribution in [3.8, 4) is 10.6 Å². The first-order valence-corrected chi connectivity index (χ1v) is 11.6. The highest BCUT2D eigenvalue weighted by Crippen LogP contribution is 2.28. The number of benzene rings is 2. The smallest absolute Gasteiger partial charge is 0.230 e. The molecule has 1 N–H and O–H groups in total. The molecule has 1 aliphatic heterocycles. The third-order valence-corrected chi connectivity index (χ3v) is 6.54. The second-order valence-corrected chi connectivity index (χ2v) is 9.16. The summed E-state index contributed by atoms with van der Waals surface area (Å²) in [5.74, 6) is -0.119. The van der Waals surface area contributed by atoms with Gasteiger partial charge in [-0.15, -0.1) is 11.3 Å². The molecule has 3 aromatic rings. The zero-order valence-electron chi connectivity index (χ0n) is 17.8. The molecule has 7 heteroatoms. The number of amides is 1. The molecule has 1 amide bonds. The molecule has 0 saturated carbocycles. The maximum Gasteiger partial charge on any atom is 0.230 e. The summed E-state index contributed by atoms with van der Waals surface area (Å²) in [6.07, 6.45) is 0.218. The number of carbonyl (C=O) groups excluding carboxylic acids is 1. The van der Waals surface area contributed by atoms with Crippen LogP contribution in [0.4, 0.5) is 5.69 Å². The summed E-state index contributed by atoms with van der Waals surface area (Å²) in [6, 6.07) is 12.4. The highest BCUT2D eigenvalue weighted by Gasteiger charge is 2.14. The van der Waals surface area contributed by atoms with Gasteiger partial charge in [0.2, 0.25) is 5.91 Å².